The van der Waals surface area contributed by atoms with Crippen LogP contribution in [0, 0.1) is 11.6 Å². The highest BCUT2D eigenvalue weighted by atomic mass is 19.1. The number of rotatable bonds is 6. The summed E-state index contributed by atoms with van der Waals surface area (Å²) in [5.74, 6) is -2.83. The number of hydrogen-bond acceptors (Lipinski definition) is 3. The molecule has 1 fully saturated rings. The molecular formula is C20H23F2N3O3. The molecule has 0 aromatic heterocycles. The van der Waals surface area contributed by atoms with Gasteiger partial charge in [-0.15, -0.1) is 0 Å². The lowest BCUT2D eigenvalue weighted by Gasteiger charge is -2.22. The lowest BCUT2D eigenvalue weighted by atomic mass is 9.91. The predicted molar refractivity (Wildman–Crippen MR) is 98.1 cm³/mol. The molecule has 2 N–H and O–H groups in total. The van der Waals surface area contributed by atoms with Crippen LogP contribution in [0.1, 0.15) is 44.6 Å². The number of imide groups is 1. The molecule has 0 unspecified atom stereocenters. The Morgan fingerprint density at radius 1 is 1.29 bits per heavy atom. The number of carbonyl (C=O) groups excluding carboxylic acids is 3. The second-order valence-corrected chi connectivity index (χ2v) is 7.28. The van der Waals surface area contributed by atoms with E-state index in [0.29, 0.717) is 6.54 Å². The topological polar surface area (TPSA) is 78.5 Å². The molecule has 28 heavy (non-hydrogen) atoms. The molecular weight excluding hydrogens is 368 g/mol. The molecule has 1 atom stereocenters. The molecule has 0 bridgehead atoms. The number of urea groups is 1. The molecule has 4 amide bonds. The van der Waals surface area contributed by atoms with Crippen molar-refractivity contribution in [3.63, 3.8) is 0 Å². The first-order chi connectivity index (χ1) is 13.3. The summed E-state index contributed by atoms with van der Waals surface area (Å²) in [6.45, 7) is 1.24. The van der Waals surface area contributed by atoms with E-state index in [9.17, 15) is 23.2 Å². The fourth-order valence-electron chi connectivity index (χ4n) is 3.60. The van der Waals surface area contributed by atoms with Gasteiger partial charge in [-0.05, 0) is 57.2 Å². The Morgan fingerprint density at radius 3 is 2.79 bits per heavy atom. The summed E-state index contributed by atoms with van der Waals surface area (Å²) in [6.07, 6.45) is 7.34. The maximum Gasteiger partial charge on any atom is 0.325 e. The second-order valence-electron chi connectivity index (χ2n) is 7.28. The van der Waals surface area contributed by atoms with E-state index in [1.807, 2.05) is 0 Å². The molecule has 8 heteroatoms. The van der Waals surface area contributed by atoms with Crippen LogP contribution in [0.2, 0.25) is 0 Å². The first kappa shape index (κ1) is 20.0. The van der Waals surface area contributed by atoms with E-state index in [1.54, 1.807) is 0 Å². The predicted octanol–water partition coefficient (Wildman–Crippen LogP) is 2.74. The highest BCUT2D eigenvalue weighted by molar-refractivity contribution is 6.09. The van der Waals surface area contributed by atoms with Crippen molar-refractivity contribution in [2.24, 2.45) is 0 Å². The zero-order chi connectivity index (χ0) is 20.3. The highest BCUT2D eigenvalue weighted by Gasteiger charge is 2.50. The van der Waals surface area contributed by atoms with Gasteiger partial charge < -0.3 is 10.6 Å². The first-order valence-electron chi connectivity index (χ1n) is 9.35. The third-order valence-electron chi connectivity index (χ3n) is 5.20. The Hall–Kier alpha value is -2.77. The average molecular weight is 391 g/mol. The first-order valence-corrected chi connectivity index (χ1v) is 9.35. The molecule has 0 spiro atoms. The number of carbonyl (C=O) groups is 3. The zero-order valence-corrected chi connectivity index (χ0v) is 15.7. The Bertz CT molecular complexity index is 840. The Labute approximate surface area is 162 Å². The average Bonchev–Trinajstić information content (AvgIpc) is 2.88. The molecule has 1 heterocycles. The number of benzene rings is 1. The van der Waals surface area contributed by atoms with Crippen molar-refractivity contribution in [1.82, 2.24) is 15.5 Å². The van der Waals surface area contributed by atoms with Crippen LogP contribution < -0.4 is 10.6 Å². The fraction of sp³-hybridized carbons (Fsp3) is 0.450. The number of halogens is 2. The van der Waals surface area contributed by atoms with Crippen molar-refractivity contribution < 1.29 is 23.2 Å². The monoisotopic (exact) mass is 391 g/mol. The third kappa shape index (κ3) is 4.05. The fourth-order valence-corrected chi connectivity index (χ4v) is 3.60. The van der Waals surface area contributed by atoms with Crippen molar-refractivity contribution >= 4 is 17.8 Å². The number of hydrogen-bond donors (Lipinski definition) is 2. The van der Waals surface area contributed by atoms with Gasteiger partial charge in [-0.2, -0.15) is 0 Å². The Balaban J connectivity index is 1.62. The molecule has 0 saturated carbocycles. The van der Waals surface area contributed by atoms with E-state index in [2.05, 4.69) is 16.7 Å². The molecule has 1 aromatic rings. The van der Waals surface area contributed by atoms with E-state index in [-0.39, 0.29) is 5.56 Å². The van der Waals surface area contributed by atoms with E-state index in [0.717, 1.165) is 48.8 Å². The Kier molecular flexibility index (Phi) is 5.76. The van der Waals surface area contributed by atoms with Gasteiger partial charge in [0.15, 0.2) is 0 Å². The maximum atomic E-state index is 14.1. The molecule has 3 rings (SSSR count). The van der Waals surface area contributed by atoms with Gasteiger partial charge in [-0.25, -0.2) is 13.6 Å². The maximum absolute atomic E-state index is 14.1. The zero-order valence-electron chi connectivity index (χ0n) is 15.7. The SMILES string of the molecule is C[C@@]1(c2cc(F)ccc2F)NC(=O)N(CC(=O)NCCC2=CCCCC2)C1=O. The number of nitrogens with one attached hydrogen (secondary N) is 2. The van der Waals surface area contributed by atoms with Crippen LogP contribution in [-0.4, -0.2) is 35.8 Å². The summed E-state index contributed by atoms with van der Waals surface area (Å²) in [5.41, 5.74) is -0.745. The second kappa shape index (κ2) is 8.08. The standard InChI is InChI=1S/C20H23F2N3O3/c1-20(15-11-14(21)7-8-16(15)22)18(27)25(19(28)24-20)12-17(26)23-10-9-13-5-3-2-4-6-13/h5,7-8,11H,2-4,6,9-10,12H2,1H3,(H,23,26)(H,24,28)/t20-/m0/s1. The van der Waals surface area contributed by atoms with Crippen LogP contribution >= 0.6 is 0 Å². The minimum absolute atomic E-state index is 0.280. The van der Waals surface area contributed by atoms with Gasteiger partial charge >= 0.3 is 6.03 Å². The molecule has 1 aliphatic heterocycles. The van der Waals surface area contributed by atoms with E-state index in [4.69, 9.17) is 0 Å². The van der Waals surface area contributed by atoms with Crippen molar-refractivity contribution in [1.29, 1.82) is 0 Å². The molecule has 150 valence electrons. The van der Waals surface area contributed by atoms with Gasteiger partial charge in [0.05, 0.1) is 0 Å². The normalized spacial score (nSPS) is 22.1. The third-order valence-corrected chi connectivity index (χ3v) is 5.20. The van der Waals surface area contributed by atoms with Gasteiger partial charge in [0.25, 0.3) is 5.91 Å². The van der Waals surface area contributed by atoms with E-state index < -0.39 is 41.6 Å². The number of nitrogens with zero attached hydrogens (tertiary/aromatic N) is 1. The van der Waals surface area contributed by atoms with Crippen LogP contribution in [0.5, 0.6) is 0 Å². The molecule has 1 saturated heterocycles. The number of amides is 4. The van der Waals surface area contributed by atoms with Crippen LogP contribution in [0.4, 0.5) is 13.6 Å². The molecule has 0 radical (unpaired) electrons. The van der Waals surface area contributed by atoms with Crippen LogP contribution in [-0.2, 0) is 15.1 Å². The molecule has 1 aromatic carbocycles. The van der Waals surface area contributed by atoms with E-state index >= 15 is 0 Å². The largest absolute Gasteiger partial charge is 0.354 e. The van der Waals surface area contributed by atoms with Gasteiger partial charge in [-0.1, -0.05) is 11.6 Å². The molecule has 1 aliphatic carbocycles. The lowest BCUT2D eigenvalue weighted by molar-refractivity contribution is -0.134. The van der Waals surface area contributed by atoms with Crippen LogP contribution in [0.25, 0.3) is 0 Å². The van der Waals surface area contributed by atoms with Gasteiger partial charge in [-0.3, -0.25) is 14.5 Å². The van der Waals surface area contributed by atoms with E-state index in [1.165, 1.54) is 18.9 Å². The molecule has 6 nitrogen and oxygen atoms in total. The van der Waals surface area contributed by atoms with Gasteiger partial charge in [0.2, 0.25) is 5.91 Å². The Morgan fingerprint density at radius 2 is 2.07 bits per heavy atom. The van der Waals surface area contributed by atoms with Gasteiger partial charge in [0.1, 0.15) is 23.7 Å². The summed E-state index contributed by atoms with van der Waals surface area (Å²) in [4.78, 5) is 37.8. The van der Waals surface area contributed by atoms with Crippen molar-refractivity contribution in [3.05, 3.63) is 47.0 Å². The number of allylic oxidation sites excluding steroid dienone is 1. The van der Waals surface area contributed by atoms with Crippen LogP contribution in [0.3, 0.4) is 0 Å². The highest BCUT2D eigenvalue weighted by Crippen LogP contribution is 2.31. The summed E-state index contributed by atoms with van der Waals surface area (Å²) in [7, 11) is 0. The van der Waals surface area contributed by atoms with Crippen molar-refractivity contribution in [2.75, 3.05) is 13.1 Å². The van der Waals surface area contributed by atoms with Crippen molar-refractivity contribution in [3.8, 4) is 0 Å². The lowest BCUT2D eigenvalue weighted by Crippen LogP contribution is -2.43. The quantitative estimate of drug-likeness (QED) is 0.578. The summed E-state index contributed by atoms with van der Waals surface area (Å²) < 4.78 is 27.6. The smallest absolute Gasteiger partial charge is 0.325 e. The minimum atomic E-state index is -1.77. The summed E-state index contributed by atoms with van der Waals surface area (Å²) >= 11 is 0. The molecule has 2 aliphatic rings. The van der Waals surface area contributed by atoms with Crippen LogP contribution in [0.15, 0.2) is 29.8 Å². The minimum Gasteiger partial charge on any atom is -0.354 e. The van der Waals surface area contributed by atoms with Gasteiger partial charge in [0, 0.05) is 12.1 Å². The van der Waals surface area contributed by atoms with Crippen molar-refractivity contribution in [2.45, 2.75) is 44.6 Å². The summed E-state index contributed by atoms with van der Waals surface area (Å²) in [5, 5.41) is 5.07. The summed E-state index contributed by atoms with van der Waals surface area (Å²) in [6, 6.07) is 1.87.